The number of aromatic nitrogens is 2. The van der Waals surface area contributed by atoms with Crippen LogP contribution in [-0.2, 0) is 0 Å². The number of phenols is 1. The smallest absolute Gasteiger partial charge is 0.147 e. The van der Waals surface area contributed by atoms with Crippen LogP contribution in [0, 0.1) is 0 Å². The molecule has 0 radical (unpaired) electrons. The third-order valence-corrected chi connectivity index (χ3v) is 5.45. The van der Waals surface area contributed by atoms with Crippen molar-refractivity contribution in [1.29, 1.82) is 0 Å². The van der Waals surface area contributed by atoms with E-state index >= 15 is 0 Å². The summed E-state index contributed by atoms with van der Waals surface area (Å²) in [5.41, 5.74) is 2.60. The first-order chi connectivity index (χ1) is 13.5. The van der Waals surface area contributed by atoms with Gasteiger partial charge in [-0.2, -0.15) is 0 Å². The molecular weight excluding hydrogens is 417 g/mol. The number of phenolic OH excluding ortho intramolecular Hbond substituents is 1. The molecule has 140 valence electrons. The summed E-state index contributed by atoms with van der Waals surface area (Å²) in [7, 11) is 0. The van der Waals surface area contributed by atoms with Crippen LogP contribution in [0.4, 0.5) is 5.69 Å². The van der Waals surface area contributed by atoms with Gasteiger partial charge in [-0.25, -0.2) is 0 Å². The number of nitrogens with one attached hydrogen (secondary N) is 1. The Morgan fingerprint density at radius 1 is 0.893 bits per heavy atom. The van der Waals surface area contributed by atoms with Gasteiger partial charge in [0.15, 0.2) is 0 Å². The van der Waals surface area contributed by atoms with Crippen LogP contribution in [0.15, 0.2) is 67.1 Å². The van der Waals surface area contributed by atoms with Crippen molar-refractivity contribution >= 4 is 51.4 Å². The molecule has 1 atom stereocenters. The van der Waals surface area contributed by atoms with Gasteiger partial charge in [0.05, 0.1) is 26.8 Å². The summed E-state index contributed by atoms with van der Waals surface area (Å²) in [4.78, 5) is 8.51. The van der Waals surface area contributed by atoms with Gasteiger partial charge in [-0.1, -0.05) is 59.1 Å². The van der Waals surface area contributed by atoms with Crippen molar-refractivity contribution in [2.75, 3.05) is 5.32 Å². The van der Waals surface area contributed by atoms with Gasteiger partial charge >= 0.3 is 0 Å². The van der Waals surface area contributed by atoms with E-state index in [4.69, 9.17) is 34.8 Å². The number of pyridine rings is 2. The van der Waals surface area contributed by atoms with E-state index in [2.05, 4.69) is 15.3 Å². The Kier molecular flexibility index (Phi) is 5.27. The number of nitrogens with zero attached hydrogens (tertiary/aromatic N) is 2. The van der Waals surface area contributed by atoms with E-state index in [1.165, 1.54) is 0 Å². The zero-order valence-electron chi connectivity index (χ0n) is 14.4. The predicted octanol–water partition coefficient (Wildman–Crippen LogP) is 6.50. The molecule has 0 saturated heterocycles. The van der Waals surface area contributed by atoms with Crippen LogP contribution in [0.3, 0.4) is 0 Å². The molecule has 2 aromatic carbocycles. The number of anilines is 1. The van der Waals surface area contributed by atoms with E-state index in [1.54, 1.807) is 30.7 Å². The average Bonchev–Trinajstić information content (AvgIpc) is 2.71. The summed E-state index contributed by atoms with van der Waals surface area (Å²) in [6.07, 6.45) is 5.06. The lowest BCUT2D eigenvalue weighted by Crippen LogP contribution is -2.13. The Hall–Kier alpha value is -2.53. The lowest BCUT2D eigenvalue weighted by molar-refractivity contribution is 0.471. The van der Waals surface area contributed by atoms with Gasteiger partial charge in [-0.3, -0.25) is 9.97 Å². The van der Waals surface area contributed by atoms with Gasteiger partial charge in [0.1, 0.15) is 11.3 Å². The molecular formula is C21H14Cl3N3O. The van der Waals surface area contributed by atoms with E-state index in [-0.39, 0.29) is 5.75 Å². The van der Waals surface area contributed by atoms with E-state index in [9.17, 15) is 5.11 Å². The van der Waals surface area contributed by atoms with Crippen molar-refractivity contribution in [3.63, 3.8) is 0 Å². The lowest BCUT2D eigenvalue weighted by Gasteiger charge is -2.23. The van der Waals surface area contributed by atoms with Crippen LogP contribution in [0.25, 0.3) is 10.9 Å². The van der Waals surface area contributed by atoms with Crippen molar-refractivity contribution in [3.05, 3.63) is 93.3 Å². The maximum absolute atomic E-state index is 10.9. The minimum absolute atomic E-state index is 0.0932. The predicted molar refractivity (Wildman–Crippen MR) is 115 cm³/mol. The Balaban J connectivity index is 1.86. The topological polar surface area (TPSA) is 58.0 Å². The van der Waals surface area contributed by atoms with Crippen molar-refractivity contribution in [2.45, 2.75) is 6.04 Å². The number of hydrogen-bond donors (Lipinski definition) is 2. The zero-order valence-corrected chi connectivity index (χ0v) is 16.7. The SMILES string of the molecule is Oc1c(C(Nc2cc(Cl)c(Cl)cc2Cl)c2cccnc2)ccc2cccnc12. The summed E-state index contributed by atoms with van der Waals surface area (Å²) in [6, 6.07) is 14.0. The summed E-state index contributed by atoms with van der Waals surface area (Å²) in [5, 5.41) is 16.3. The van der Waals surface area contributed by atoms with Crippen LogP contribution in [0.1, 0.15) is 17.2 Å². The second-order valence-electron chi connectivity index (χ2n) is 6.19. The fraction of sp³-hybridized carbons (Fsp3) is 0.0476. The maximum Gasteiger partial charge on any atom is 0.147 e. The molecule has 28 heavy (non-hydrogen) atoms. The molecule has 4 rings (SSSR count). The van der Waals surface area contributed by atoms with E-state index in [0.29, 0.717) is 31.8 Å². The Bertz CT molecular complexity index is 1150. The molecule has 0 spiro atoms. The van der Waals surface area contributed by atoms with Gasteiger partial charge in [0.25, 0.3) is 0 Å². The van der Waals surface area contributed by atoms with E-state index in [1.807, 2.05) is 36.4 Å². The highest BCUT2D eigenvalue weighted by atomic mass is 35.5. The Labute approximate surface area is 176 Å². The highest BCUT2D eigenvalue weighted by Gasteiger charge is 2.21. The van der Waals surface area contributed by atoms with E-state index in [0.717, 1.165) is 10.9 Å². The standard InChI is InChI=1S/C21H14Cl3N3O/c22-15-9-17(24)18(10-16(15)23)27-19(13-4-1-7-25-11-13)14-6-5-12-3-2-8-26-20(12)21(14)28/h1-11,19,27-28H. The molecule has 7 heteroatoms. The molecule has 2 aromatic heterocycles. The third-order valence-electron chi connectivity index (χ3n) is 4.42. The van der Waals surface area contributed by atoms with Gasteiger partial charge in [0, 0.05) is 29.5 Å². The zero-order chi connectivity index (χ0) is 19.7. The summed E-state index contributed by atoms with van der Waals surface area (Å²) in [5.74, 6) is 0.0932. The first-order valence-corrected chi connectivity index (χ1v) is 9.55. The Morgan fingerprint density at radius 2 is 1.68 bits per heavy atom. The first kappa shape index (κ1) is 18.8. The molecule has 0 saturated carbocycles. The molecule has 0 amide bonds. The molecule has 2 heterocycles. The molecule has 0 aliphatic carbocycles. The second kappa shape index (κ2) is 7.84. The monoisotopic (exact) mass is 429 g/mol. The Morgan fingerprint density at radius 3 is 2.46 bits per heavy atom. The number of aromatic hydroxyl groups is 1. The molecule has 0 aliphatic rings. The quantitative estimate of drug-likeness (QED) is 0.363. The minimum Gasteiger partial charge on any atom is -0.505 e. The summed E-state index contributed by atoms with van der Waals surface area (Å²) >= 11 is 18.6. The normalized spacial score (nSPS) is 12.1. The van der Waals surface area contributed by atoms with Crippen LogP contribution >= 0.6 is 34.8 Å². The molecule has 4 nitrogen and oxygen atoms in total. The maximum atomic E-state index is 10.9. The average molecular weight is 431 g/mol. The van der Waals surface area contributed by atoms with Crippen LogP contribution < -0.4 is 5.32 Å². The fourth-order valence-electron chi connectivity index (χ4n) is 3.05. The van der Waals surface area contributed by atoms with Crippen molar-refractivity contribution in [2.24, 2.45) is 0 Å². The van der Waals surface area contributed by atoms with Gasteiger partial charge in [-0.05, 0) is 29.8 Å². The molecule has 0 bridgehead atoms. The van der Waals surface area contributed by atoms with Crippen LogP contribution in [-0.4, -0.2) is 15.1 Å². The fourth-order valence-corrected chi connectivity index (χ4v) is 3.66. The van der Waals surface area contributed by atoms with Gasteiger partial charge in [0.2, 0.25) is 0 Å². The lowest BCUT2D eigenvalue weighted by atomic mass is 9.97. The van der Waals surface area contributed by atoms with Crippen LogP contribution in [0.5, 0.6) is 5.75 Å². The third kappa shape index (κ3) is 3.59. The highest BCUT2D eigenvalue weighted by molar-refractivity contribution is 6.44. The molecule has 1 unspecified atom stereocenters. The number of halogens is 3. The molecule has 0 fully saturated rings. The molecule has 0 aliphatic heterocycles. The van der Waals surface area contributed by atoms with Crippen LogP contribution in [0.2, 0.25) is 15.1 Å². The number of rotatable bonds is 4. The molecule has 4 aromatic rings. The number of benzene rings is 2. The number of fused-ring (bicyclic) bond motifs is 1. The van der Waals surface area contributed by atoms with E-state index < -0.39 is 6.04 Å². The first-order valence-electron chi connectivity index (χ1n) is 8.42. The van der Waals surface area contributed by atoms with Gasteiger partial charge in [-0.15, -0.1) is 0 Å². The van der Waals surface area contributed by atoms with Gasteiger partial charge < -0.3 is 10.4 Å². The second-order valence-corrected chi connectivity index (χ2v) is 7.41. The van der Waals surface area contributed by atoms with Crippen molar-refractivity contribution < 1.29 is 5.11 Å². The van der Waals surface area contributed by atoms with Crippen molar-refractivity contribution in [3.8, 4) is 5.75 Å². The minimum atomic E-state index is -0.435. The highest BCUT2D eigenvalue weighted by Crippen LogP contribution is 2.39. The summed E-state index contributed by atoms with van der Waals surface area (Å²) < 4.78 is 0. The largest absolute Gasteiger partial charge is 0.505 e. The van der Waals surface area contributed by atoms with Crippen molar-refractivity contribution in [1.82, 2.24) is 9.97 Å². The molecule has 2 N–H and O–H groups in total. The summed E-state index contributed by atoms with van der Waals surface area (Å²) in [6.45, 7) is 0. The number of hydrogen-bond acceptors (Lipinski definition) is 4.